The van der Waals surface area contributed by atoms with Crippen LogP contribution in [0.3, 0.4) is 0 Å². The Morgan fingerprint density at radius 1 is 1.19 bits per heavy atom. The zero-order chi connectivity index (χ0) is 22.2. The number of likely N-dealkylation sites (N-methyl/N-ethyl adjacent to an activating group) is 1. The number of carbonyl (C=O) groups excluding carboxylic acids is 1. The molecule has 8 heteroatoms. The molecule has 4 rings (SSSR count). The van der Waals surface area contributed by atoms with Crippen LogP contribution in [0.2, 0.25) is 0 Å². The molecule has 1 fully saturated rings. The lowest BCUT2D eigenvalue weighted by molar-refractivity contribution is -0.115. The summed E-state index contributed by atoms with van der Waals surface area (Å²) < 4.78 is 5.93. The van der Waals surface area contributed by atoms with Crippen molar-refractivity contribution in [2.24, 2.45) is 0 Å². The third kappa shape index (κ3) is 6.59. The van der Waals surface area contributed by atoms with Gasteiger partial charge in [-0.3, -0.25) is 4.79 Å². The van der Waals surface area contributed by atoms with Crippen LogP contribution in [0.1, 0.15) is 12.0 Å². The molecule has 0 bridgehead atoms. The third-order valence-electron chi connectivity index (χ3n) is 5.49. The molecule has 32 heavy (non-hydrogen) atoms. The van der Waals surface area contributed by atoms with Crippen LogP contribution in [-0.2, 0) is 11.2 Å². The van der Waals surface area contributed by atoms with E-state index in [0.29, 0.717) is 13.0 Å². The normalized spacial score (nSPS) is 14.9. The van der Waals surface area contributed by atoms with Crippen molar-refractivity contribution in [3.05, 3.63) is 59.9 Å². The van der Waals surface area contributed by atoms with E-state index in [1.165, 1.54) is 17.7 Å². The molecule has 0 unspecified atom stereocenters. The maximum absolute atomic E-state index is 12.5. The number of benzene rings is 1. The molecule has 7 nitrogen and oxygen atoms in total. The van der Waals surface area contributed by atoms with Crippen molar-refractivity contribution >= 4 is 22.2 Å². The molecule has 1 aliphatic heterocycles. The number of rotatable bonds is 9. The Hall–Kier alpha value is -2.81. The summed E-state index contributed by atoms with van der Waals surface area (Å²) in [7, 11) is 2.17. The first-order valence-electron chi connectivity index (χ1n) is 10.9. The zero-order valence-electron chi connectivity index (χ0n) is 18.4. The largest absolute Gasteiger partial charge is 0.494 e. The number of amides is 1. The summed E-state index contributed by atoms with van der Waals surface area (Å²) in [6.45, 7) is 6.28. The van der Waals surface area contributed by atoms with E-state index in [-0.39, 0.29) is 5.91 Å². The molecule has 0 radical (unpaired) electrons. The highest BCUT2D eigenvalue weighted by atomic mass is 32.1. The second-order valence-corrected chi connectivity index (χ2v) is 8.92. The number of carbonyl (C=O) groups is 1. The van der Waals surface area contributed by atoms with Gasteiger partial charge in [-0.05, 0) is 43.3 Å². The maximum Gasteiger partial charge on any atom is 0.229 e. The number of piperazine rings is 1. The van der Waals surface area contributed by atoms with E-state index in [0.717, 1.165) is 66.7 Å². The number of ether oxygens (including phenoxy) is 1. The number of aromatic nitrogens is 2. The molecule has 2 aromatic heterocycles. The van der Waals surface area contributed by atoms with Gasteiger partial charge in [0.2, 0.25) is 5.91 Å². The van der Waals surface area contributed by atoms with E-state index in [9.17, 15) is 4.79 Å². The lowest BCUT2D eigenvalue weighted by atomic mass is 10.1. The molecule has 3 heterocycles. The van der Waals surface area contributed by atoms with E-state index in [1.807, 2.05) is 41.8 Å². The minimum absolute atomic E-state index is 0.0479. The van der Waals surface area contributed by atoms with Crippen LogP contribution in [0.4, 0.5) is 5.00 Å². The topological polar surface area (TPSA) is 70.6 Å². The van der Waals surface area contributed by atoms with E-state index in [1.54, 1.807) is 6.20 Å². The molecular weight excluding hydrogens is 422 g/mol. The highest BCUT2D eigenvalue weighted by Crippen LogP contribution is 2.27. The van der Waals surface area contributed by atoms with E-state index in [2.05, 4.69) is 32.1 Å². The first-order valence-corrected chi connectivity index (χ1v) is 11.8. The van der Waals surface area contributed by atoms with E-state index in [4.69, 9.17) is 4.74 Å². The van der Waals surface area contributed by atoms with Crippen molar-refractivity contribution in [3.8, 4) is 17.0 Å². The number of anilines is 1. The minimum Gasteiger partial charge on any atom is -0.494 e. The fraction of sp³-hybridized carbons (Fsp3) is 0.375. The molecule has 0 aliphatic carbocycles. The fourth-order valence-corrected chi connectivity index (χ4v) is 4.47. The summed E-state index contributed by atoms with van der Waals surface area (Å²) in [5.74, 6) is 0.768. The van der Waals surface area contributed by atoms with Gasteiger partial charge < -0.3 is 19.9 Å². The number of hydrogen-bond donors (Lipinski definition) is 1. The Kier molecular flexibility index (Phi) is 7.82. The molecule has 0 saturated carbocycles. The van der Waals surface area contributed by atoms with Gasteiger partial charge in [-0.1, -0.05) is 12.1 Å². The molecule has 0 atom stereocenters. The standard InChI is InChI=1S/C24H29N5O2S/c1-28-9-11-29(12-10-28)8-3-13-31-21-5-2-4-19(14-21)15-23(30)27-24-16-20(17-32-24)22-6-7-25-18-26-22/h2,4-7,14,16-18H,3,8-13,15H2,1H3,(H,27,30). The van der Waals surface area contributed by atoms with Crippen molar-refractivity contribution in [1.29, 1.82) is 0 Å². The zero-order valence-corrected chi connectivity index (χ0v) is 19.2. The molecule has 1 amide bonds. The van der Waals surface area contributed by atoms with Gasteiger partial charge in [0, 0.05) is 49.9 Å². The first kappa shape index (κ1) is 22.4. The highest BCUT2D eigenvalue weighted by Gasteiger charge is 2.13. The van der Waals surface area contributed by atoms with Crippen LogP contribution < -0.4 is 10.1 Å². The molecule has 3 aromatic rings. The molecule has 0 spiro atoms. The molecule has 1 aliphatic rings. The maximum atomic E-state index is 12.5. The summed E-state index contributed by atoms with van der Waals surface area (Å²) in [6.07, 6.45) is 4.53. The van der Waals surface area contributed by atoms with Crippen molar-refractivity contribution in [1.82, 2.24) is 19.8 Å². The number of nitrogens with zero attached hydrogens (tertiary/aromatic N) is 4. The summed E-state index contributed by atoms with van der Waals surface area (Å²) in [6, 6.07) is 11.6. The lowest BCUT2D eigenvalue weighted by Gasteiger charge is -2.32. The second-order valence-electron chi connectivity index (χ2n) is 8.01. The van der Waals surface area contributed by atoms with Crippen molar-refractivity contribution in [2.45, 2.75) is 12.8 Å². The van der Waals surface area contributed by atoms with Crippen molar-refractivity contribution in [2.75, 3.05) is 51.7 Å². The Bertz CT molecular complexity index is 1000. The lowest BCUT2D eigenvalue weighted by Crippen LogP contribution is -2.44. The van der Waals surface area contributed by atoms with Gasteiger partial charge in [0.15, 0.2) is 0 Å². The van der Waals surface area contributed by atoms with Crippen molar-refractivity contribution < 1.29 is 9.53 Å². The predicted molar refractivity (Wildman–Crippen MR) is 128 cm³/mol. The van der Waals surface area contributed by atoms with Gasteiger partial charge >= 0.3 is 0 Å². The Balaban J connectivity index is 1.22. The van der Waals surface area contributed by atoms with Gasteiger partial charge in [0.05, 0.1) is 23.7 Å². The predicted octanol–water partition coefficient (Wildman–Crippen LogP) is 3.40. The van der Waals surface area contributed by atoms with Crippen LogP contribution in [0.15, 0.2) is 54.3 Å². The summed E-state index contributed by atoms with van der Waals surface area (Å²) >= 11 is 1.49. The second kappa shape index (κ2) is 11.2. The minimum atomic E-state index is -0.0479. The smallest absolute Gasteiger partial charge is 0.229 e. The third-order valence-corrected chi connectivity index (χ3v) is 6.33. The van der Waals surface area contributed by atoms with Gasteiger partial charge in [0.1, 0.15) is 12.1 Å². The van der Waals surface area contributed by atoms with Crippen LogP contribution >= 0.6 is 11.3 Å². The monoisotopic (exact) mass is 451 g/mol. The Morgan fingerprint density at radius 3 is 2.88 bits per heavy atom. The number of hydrogen-bond acceptors (Lipinski definition) is 7. The van der Waals surface area contributed by atoms with E-state index >= 15 is 0 Å². The Labute approximate surface area is 193 Å². The van der Waals surface area contributed by atoms with Crippen molar-refractivity contribution in [3.63, 3.8) is 0 Å². The SMILES string of the molecule is CN1CCN(CCCOc2cccc(CC(=O)Nc3cc(-c4ccncn4)cs3)c2)CC1. The average Bonchev–Trinajstić information content (AvgIpc) is 3.27. The fourth-order valence-electron chi connectivity index (χ4n) is 3.66. The van der Waals surface area contributed by atoms with Crippen LogP contribution in [0.25, 0.3) is 11.3 Å². The molecule has 168 valence electrons. The molecular formula is C24H29N5O2S. The number of nitrogens with one attached hydrogen (secondary N) is 1. The van der Waals surface area contributed by atoms with Crippen LogP contribution in [0.5, 0.6) is 5.75 Å². The first-order chi connectivity index (χ1) is 15.7. The average molecular weight is 452 g/mol. The number of thiophene rings is 1. The summed E-state index contributed by atoms with van der Waals surface area (Å²) in [5.41, 5.74) is 2.75. The van der Waals surface area contributed by atoms with E-state index < -0.39 is 0 Å². The molecule has 1 N–H and O–H groups in total. The van der Waals surface area contributed by atoms with Crippen LogP contribution in [-0.4, -0.2) is 72.1 Å². The highest BCUT2D eigenvalue weighted by molar-refractivity contribution is 7.14. The molecule has 1 aromatic carbocycles. The molecule has 1 saturated heterocycles. The van der Waals surface area contributed by atoms with Gasteiger partial charge in [-0.25, -0.2) is 9.97 Å². The van der Waals surface area contributed by atoms with Crippen LogP contribution in [0, 0.1) is 0 Å². The summed E-state index contributed by atoms with van der Waals surface area (Å²) in [4.78, 5) is 25.6. The quantitative estimate of drug-likeness (QED) is 0.503. The van der Waals surface area contributed by atoms with Gasteiger partial charge in [-0.2, -0.15) is 0 Å². The Morgan fingerprint density at radius 2 is 2.06 bits per heavy atom. The van der Waals surface area contributed by atoms with Gasteiger partial charge in [-0.15, -0.1) is 11.3 Å². The summed E-state index contributed by atoms with van der Waals surface area (Å²) in [5, 5.41) is 5.76. The van der Waals surface area contributed by atoms with Gasteiger partial charge in [0.25, 0.3) is 0 Å².